The van der Waals surface area contributed by atoms with Crippen molar-refractivity contribution in [2.24, 2.45) is 0 Å². The van der Waals surface area contributed by atoms with Gasteiger partial charge in [0, 0.05) is 24.7 Å². The Hall–Kier alpha value is -0.870. The van der Waals surface area contributed by atoms with Crippen LogP contribution in [0.2, 0.25) is 0 Å². The van der Waals surface area contributed by atoms with E-state index in [1.807, 2.05) is 25.1 Å². The van der Waals surface area contributed by atoms with E-state index in [9.17, 15) is 4.79 Å². The molecule has 0 unspecified atom stereocenters. The molecule has 0 aromatic rings. The Morgan fingerprint density at radius 3 is 2.47 bits per heavy atom. The van der Waals surface area contributed by atoms with Gasteiger partial charge in [-0.1, -0.05) is 12.5 Å². The van der Waals surface area contributed by atoms with Crippen LogP contribution in [0.25, 0.3) is 0 Å². The van der Waals surface area contributed by atoms with E-state index in [4.69, 9.17) is 0 Å². The van der Waals surface area contributed by atoms with E-state index >= 15 is 0 Å². The van der Waals surface area contributed by atoms with Gasteiger partial charge >= 0.3 is 0 Å². The highest BCUT2D eigenvalue weighted by atomic mass is 16.1. The van der Waals surface area contributed by atoms with E-state index in [2.05, 4.69) is 24.1 Å². The Morgan fingerprint density at radius 1 is 1.26 bits per heavy atom. The predicted octanol–water partition coefficient (Wildman–Crippen LogP) is 1.48. The number of nitrogens with one attached hydrogen (secondary N) is 1. The first-order chi connectivity index (χ1) is 8.92. The summed E-state index contributed by atoms with van der Waals surface area (Å²) in [4.78, 5) is 16.2. The molecule has 1 aliphatic rings. The van der Waals surface area contributed by atoms with Crippen LogP contribution < -0.4 is 5.32 Å². The number of likely N-dealkylation sites (tertiary alicyclic amines) is 1. The fourth-order valence-corrected chi connectivity index (χ4v) is 2.34. The van der Waals surface area contributed by atoms with E-state index in [1.54, 1.807) is 6.08 Å². The molecule has 4 nitrogen and oxygen atoms in total. The normalized spacial score (nSPS) is 18.2. The van der Waals surface area contributed by atoms with Gasteiger partial charge in [-0.15, -0.1) is 0 Å². The van der Waals surface area contributed by atoms with Crippen LogP contribution in [0.3, 0.4) is 0 Å². The molecule has 110 valence electrons. The molecule has 1 aliphatic heterocycles. The number of hydrogen-bond donors (Lipinski definition) is 1. The molecule has 1 N–H and O–H groups in total. The van der Waals surface area contributed by atoms with E-state index in [-0.39, 0.29) is 11.4 Å². The van der Waals surface area contributed by atoms with Crippen LogP contribution in [0.1, 0.15) is 33.1 Å². The SMILES string of the molecule is CN(C)C/C=C/C(=O)NCC(C)(C)N1CCCCC1. The molecule has 0 atom stereocenters. The molecule has 0 radical (unpaired) electrons. The van der Waals surface area contributed by atoms with Gasteiger partial charge in [0.1, 0.15) is 0 Å². The van der Waals surface area contributed by atoms with Gasteiger partial charge in [-0.05, 0) is 53.9 Å². The van der Waals surface area contributed by atoms with Gasteiger partial charge in [0.25, 0.3) is 0 Å². The quantitative estimate of drug-likeness (QED) is 0.741. The van der Waals surface area contributed by atoms with Crippen molar-refractivity contribution in [3.63, 3.8) is 0 Å². The summed E-state index contributed by atoms with van der Waals surface area (Å²) in [6.45, 7) is 8.23. The molecular formula is C15H29N3O. The number of carbonyl (C=O) groups is 1. The minimum Gasteiger partial charge on any atom is -0.351 e. The van der Waals surface area contributed by atoms with Gasteiger partial charge in [0.15, 0.2) is 0 Å². The van der Waals surface area contributed by atoms with Crippen LogP contribution in [-0.4, -0.2) is 61.5 Å². The van der Waals surface area contributed by atoms with Crippen molar-refractivity contribution in [3.05, 3.63) is 12.2 Å². The van der Waals surface area contributed by atoms with Crippen molar-refractivity contribution in [2.75, 3.05) is 40.3 Å². The van der Waals surface area contributed by atoms with Crippen LogP contribution >= 0.6 is 0 Å². The predicted molar refractivity (Wildman–Crippen MR) is 80.2 cm³/mol. The number of piperidine rings is 1. The Bertz CT molecular complexity index is 305. The number of amides is 1. The molecule has 0 bridgehead atoms. The van der Waals surface area contributed by atoms with Crippen molar-refractivity contribution < 1.29 is 4.79 Å². The molecule has 0 aromatic carbocycles. The molecule has 0 spiro atoms. The lowest BCUT2D eigenvalue weighted by Crippen LogP contribution is -2.53. The molecule has 19 heavy (non-hydrogen) atoms. The third kappa shape index (κ3) is 6.21. The molecular weight excluding hydrogens is 238 g/mol. The zero-order chi connectivity index (χ0) is 14.3. The van der Waals surface area contributed by atoms with Gasteiger partial charge in [0.05, 0.1) is 0 Å². The average molecular weight is 267 g/mol. The zero-order valence-electron chi connectivity index (χ0n) is 12.9. The summed E-state index contributed by atoms with van der Waals surface area (Å²) in [6.07, 6.45) is 7.42. The van der Waals surface area contributed by atoms with Gasteiger partial charge < -0.3 is 10.2 Å². The van der Waals surface area contributed by atoms with Crippen molar-refractivity contribution in [3.8, 4) is 0 Å². The van der Waals surface area contributed by atoms with Crippen molar-refractivity contribution in [2.45, 2.75) is 38.6 Å². The topological polar surface area (TPSA) is 35.6 Å². The van der Waals surface area contributed by atoms with E-state index in [1.165, 1.54) is 19.3 Å². The maximum absolute atomic E-state index is 11.7. The van der Waals surface area contributed by atoms with E-state index in [0.717, 1.165) is 19.6 Å². The largest absolute Gasteiger partial charge is 0.351 e. The number of hydrogen-bond acceptors (Lipinski definition) is 3. The maximum Gasteiger partial charge on any atom is 0.243 e. The molecule has 0 saturated carbocycles. The van der Waals surface area contributed by atoms with Crippen LogP contribution in [-0.2, 0) is 4.79 Å². The molecule has 1 saturated heterocycles. The first-order valence-corrected chi connectivity index (χ1v) is 7.26. The van der Waals surface area contributed by atoms with Gasteiger partial charge in [0.2, 0.25) is 5.91 Å². The molecule has 0 aliphatic carbocycles. The molecule has 1 rings (SSSR count). The highest BCUT2D eigenvalue weighted by molar-refractivity contribution is 5.87. The molecule has 1 amide bonds. The summed E-state index contributed by atoms with van der Waals surface area (Å²) < 4.78 is 0. The van der Waals surface area contributed by atoms with Crippen LogP contribution in [0.15, 0.2) is 12.2 Å². The first kappa shape index (κ1) is 16.2. The summed E-state index contributed by atoms with van der Waals surface area (Å²) in [5.41, 5.74) is 0.0471. The Morgan fingerprint density at radius 2 is 1.89 bits per heavy atom. The second-order valence-electron chi connectivity index (χ2n) is 6.24. The third-order valence-electron chi connectivity index (χ3n) is 3.65. The van der Waals surface area contributed by atoms with Crippen LogP contribution in [0, 0.1) is 0 Å². The molecule has 1 fully saturated rings. The monoisotopic (exact) mass is 267 g/mol. The molecule has 0 aromatic heterocycles. The first-order valence-electron chi connectivity index (χ1n) is 7.26. The van der Waals surface area contributed by atoms with Crippen LogP contribution in [0.4, 0.5) is 0 Å². The maximum atomic E-state index is 11.7. The Kier molecular flexibility index (Phi) is 6.52. The molecule has 4 heteroatoms. The summed E-state index contributed by atoms with van der Waals surface area (Å²) in [6, 6.07) is 0. The highest BCUT2D eigenvalue weighted by Crippen LogP contribution is 2.19. The van der Waals surface area contributed by atoms with Gasteiger partial charge in [-0.2, -0.15) is 0 Å². The third-order valence-corrected chi connectivity index (χ3v) is 3.65. The number of carbonyl (C=O) groups excluding carboxylic acids is 1. The van der Waals surface area contributed by atoms with Crippen LogP contribution in [0.5, 0.6) is 0 Å². The second kappa shape index (κ2) is 7.65. The van der Waals surface area contributed by atoms with E-state index < -0.39 is 0 Å². The summed E-state index contributed by atoms with van der Waals surface area (Å²) >= 11 is 0. The fourth-order valence-electron chi connectivity index (χ4n) is 2.34. The Balaban J connectivity index is 2.33. The zero-order valence-corrected chi connectivity index (χ0v) is 12.9. The Labute approximate surface area is 117 Å². The number of likely N-dealkylation sites (N-methyl/N-ethyl adjacent to an activating group) is 1. The minimum absolute atomic E-state index is 0.00642. The molecule has 1 heterocycles. The van der Waals surface area contributed by atoms with Crippen molar-refractivity contribution in [1.29, 1.82) is 0 Å². The van der Waals surface area contributed by atoms with Crippen molar-refractivity contribution in [1.82, 2.24) is 15.1 Å². The lowest BCUT2D eigenvalue weighted by molar-refractivity contribution is -0.117. The lowest BCUT2D eigenvalue weighted by Gasteiger charge is -2.41. The standard InChI is InChI=1S/C15H29N3O/c1-15(2,18-11-6-5-7-12-18)13-16-14(19)9-8-10-17(3)4/h8-9H,5-7,10-13H2,1-4H3,(H,16,19)/b9-8+. The second-order valence-corrected chi connectivity index (χ2v) is 6.24. The average Bonchev–Trinajstić information content (AvgIpc) is 2.37. The number of rotatable bonds is 6. The highest BCUT2D eigenvalue weighted by Gasteiger charge is 2.27. The summed E-state index contributed by atoms with van der Waals surface area (Å²) in [5, 5.41) is 3.01. The van der Waals surface area contributed by atoms with Crippen molar-refractivity contribution >= 4 is 5.91 Å². The van der Waals surface area contributed by atoms with Gasteiger partial charge in [-0.3, -0.25) is 9.69 Å². The summed E-state index contributed by atoms with van der Waals surface area (Å²) in [7, 11) is 3.98. The summed E-state index contributed by atoms with van der Waals surface area (Å²) in [5.74, 6) is 0.00642. The van der Waals surface area contributed by atoms with E-state index in [0.29, 0.717) is 6.54 Å². The smallest absolute Gasteiger partial charge is 0.243 e. The number of nitrogens with zero attached hydrogens (tertiary/aromatic N) is 2. The minimum atomic E-state index is 0.00642. The van der Waals surface area contributed by atoms with Gasteiger partial charge in [-0.25, -0.2) is 0 Å². The lowest BCUT2D eigenvalue weighted by atomic mass is 9.98. The fraction of sp³-hybridized carbons (Fsp3) is 0.800.